The smallest absolute Gasteiger partial charge is 0.349 e. The fraction of sp³-hybridized carbons (Fsp3) is 0.304. The van der Waals surface area contributed by atoms with E-state index in [4.69, 9.17) is 4.74 Å². The Bertz CT molecular complexity index is 1000. The lowest BCUT2D eigenvalue weighted by atomic mass is 9.99. The molecule has 1 aliphatic carbocycles. The Kier molecular flexibility index (Phi) is 5.44. The molecule has 1 aromatic heterocycles. The summed E-state index contributed by atoms with van der Waals surface area (Å²) in [5, 5.41) is 5.04. The van der Waals surface area contributed by atoms with E-state index >= 15 is 0 Å². The van der Waals surface area contributed by atoms with Gasteiger partial charge < -0.3 is 10.1 Å². The number of amides is 1. The van der Waals surface area contributed by atoms with E-state index in [1.807, 2.05) is 55.5 Å². The van der Waals surface area contributed by atoms with Crippen LogP contribution in [0.25, 0.3) is 10.8 Å². The fourth-order valence-electron chi connectivity index (χ4n) is 3.59. The third-order valence-corrected chi connectivity index (χ3v) is 6.34. The van der Waals surface area contributed by atoms with Crippen LogP contribution < -0.4 is 5.32 Å². The van der Waals surface area contributed by atoms with E-state index in [9.17, 15) is 9.59 Å². The minimum Gasteiger partial charge on any atom is -0.448 e. The molecule has 1 unspecified atom stereocenters. The van der Waals surface area contributed by atoms with Crippen LogP contribution >= 0.6 is 11.3 Å². The Balaban J connectivity index is 1.44. The summed E-state index contributed by atoms with van der Waals surface area (Å²) in [6.07, 6.45) is 4.03. The molecular formula is C23H23NO3S. The zero-order valence-corrected chi connectivity index (χ0v) is 16.7. The van der Waals surface area contributed by atoms with Crippen LogP contribution in [-0.2, 0) is 22.4 Å². The first-order valence-corrected chi connectivity index (χ1v) is 10.6. The van der Waals surface area contributed by atoms with Gasteiger partial charge in [0.25, 0.3) is 5.91 Å². The molecule has 2 aromatic carbocycles. The number of carbonyl (C=O) groups excluding carboxylic acids is 2. The van der Waals surface area contributed by atoms with Crippen molar-refractivity contribution in [3.05, 3.63) is 63.8 Å². The van der Waals surface area contributed by atoms with Gasteiger partial charge in [-0.15, -0.1) is 11.3 Å². The van der Waals surface area contributed by atoms with Crippen LogP contribution in [0, 0.1) is 0 Å². The average Bonchev–Trinajstić information content (AvgIpc) is 3.16. The number of carbonyl (C=O) groups is 2. The Morgan fingerprint density at radius 2 is 1.86 bits per heavy atom. The molecule has 4 nitrogen and oxygen atoms in total. The van der Waals surface area contributed by atoms with Gasteiger partial charge in [-0.25, -0.2) is 4.79 Å². The number of ether oxygens (including phenoxy) is 1. The van der Waals surface area contributed by atoms with E-state index in [2.05, 4.69) is 5.32 Å². The summed E-state index contributed by atoms with van der Waals surface area (Å²) >= 11 is 1.51. The predicted molar refractivity (Wildman–Crippen MR) is 113 cm³/mol. The van der Waals surface area contributed by atoms with Crippen molar-refractivity contribution < 1.29 is 14.3 Å². The minimum absolute atomic E-state index is 0.299. The maximum absolute atomic E-state index is 12.7. The van der Waals surface area contributed by atoms with E-state index in [1.54, 1.807) is 0 Å². The van der Waals surface area contributed by atoms with Crippen molar-refractivity contribution in [1.29, 1.82) is 0 Å². The maximum atomic E-state index is 12.7. The highest BCUT2D eigenvalue weighted by Crippen LogP contribution is 2.30. The number of rotatable bonds is 5. The molecule has 1 heterocycles. The molecule has 1 N–H and O–H groups in total. The third-order valence-electron chi connectivity index (χ3n) is 5.13. The summed E-state index contributed by atoms with van der Waals surface area (Å²) < 4.78 is 5.54. The summed E-state index contributed by atoms with van der Waals surface area (Å²) in [5.74, 6) is -0.702. The van der Waals surface area contributed by atoms with E-state index in [0.717, 1.165) is 23.6 Å². The molecule has 0 aliphatic heterocycles. The van der Waals surface area contributed by atoms with Crippen LogP contribution in [0.2, 0.25) is 0 Å². The standard InChI is InChI=1S/C23H23NO3S/c1-2-19(27-23(26)21-14-17-9-5-6-10-20(17)28-21)22(25)24-18-12-11-15-7-3-4-8-16(15)13-18/h3-4,7-8,11-14,19H,2,5-6,9-10H2,1H3,(H,24,25). The van der Waals surface area contributed by atoms with Crippen molar-refractivity contribution in [3.63, 3.8) is 0 Å². The van der Waals surface area contributed by atoms with E-state index in [0.29, 0.717) is 17.0 Å². The molecule has 3 aromatic rings. The van der Waals surface area contributed by atoms with Gasteiger partial charge in [-0.3, -0.25) is 4.79 Å². The lowest BCUT2D eigenvalue weighted by Crippen LogP contribution is -2.31. The lowest BCUT2D eigenvalue weighted by molar-refractivity contribution is -0.124. The van der Waals surface area contributed by atoms with Crippen molar-refractivity contribution in [2.75, 3.05) is 5.32 Å². The van der Waals surface area contributed by atoms with Gasteiger partial charge in [-0.2, -0.15) is 0 Å². The lowest BCUT2D eigenvalue weighted by Gasteiger charge is -2.16. The second-order valence-corrected chi connectivity index (χ2v) is 8.26. The molecule has 0 saturated carbocycles. The fourth-order valence-corrected chi connectivity index (χ4v) is 4.73. The van der Waals surface area contributed by atoms with Gasteiger partial charge in [-0.1, -0.05) is 37.3 Å². The summed E-state index contributed by atoms with van der Waals surface area (Å²) in [5.41, 5.74) is 1.96. The summed E-state index contributed by atoms with van der Waals surface area (Å²) in [6, 6.07) is 15.7. The summed E-state index contributed by atoms with van der Waals surface area (Å²) in [4.78, 5) is 27.1. The quantitative estimate of drug-likeness (QED) is 0.594. The van der Waals surface area contributed by atoms with Gasteiger partial charge in [0.15, 0.2) is 6.10 Å². The molecule has 4 rings (SSSR count). The normalized spacial score (nSPS) is 14.3. The van der Waals surface area contributed by atoms with Crippen LogP contribution in [-0.4, -0.2) is 18.0 Å². The number of nitrogens with one attached hydrogen (secondary N) is 1. The van der Waals surface area contributed by atoms with E-state index < -0.39 is 12.1 Å². The molecule has 0 spiro atoms. The Hall–Kier alpha value is -2.66. The first-order valence-electron chi connectivity index (χ1n) is 9.76. The molecule has 0 bridgehead atoms. The number of anilines is 1. The zero-order chi connectivity index (χ0) is 19.5. The maximum Gasteiger partial charge on any atom is 0.349 e. The molecule has 0 fully saturated rings. The van der Waals surface area contributed by atoms with Crippen LogP contribution in [0.15, 0.2) is 48.5 Å². The second kappa shape index (κ2) is 8.15. The van der Waals surface area contributed by atoms with Crippen LogP contribution in [0.3, 0.4) is 0 Å². The Morgan fingerprint density at radius 1 is 1.07 bits per heavy atom. The van der Waals surface area contributed by atoms with E-state index in [1.165, 1.54) is 34.6 Å². The van der Waals surface area contributed by atoms with Gasteiger partial charge in [0.1, 0.15) is 4.88 Å². The van der Waals surface area contributed by atoms with Gasteiger partial charge in [0.2, 0.25) is 0 Å². The predicted octanol–water partition coefficient (Wildman–Crippen LogP) is 5.35. The SMILES string of the molecule is CCC(OC(=O)c1cc2c(s1)CCCC2)C(=O)Nc1ccc2ccccc2c1. The van der Waals surface area contributed by atoms with Crippen LogP contribution in [0.5, 0.6) is 0 Å². The Morgan fingerprint density at radius 3 is 2.64 bits per heavy atom. The molecule has 0 saturated heterocycles. The number of thiophene rings is 1. The van der Waals surface area contributed by atoms with Crippen molar-refractivity contribution in [3.8, 4) is 0 Å². The van der Waals surface area contributed by atoms with Crippen molar-refractivity contribution >= 4 is 39.7 Å². The Labute approximate surface area is 168 Å². The van der Waals surface area contributed by atoms with Crippen molar-refractivity contribution in [2.45, 2.75) is 45.1 Å². The molecule has 1 aliphatic rings. The molecule has 1 amide bonds. The van der Waals surface area contributed by atoms with Crippen LogP contribution in [0.4, 0.5) is 5.69 Å². The number of aryl methyl sites for hydroxylation is 2. The average molecular weight is 394 g/mol. The van der Waals surface area contributed by atoms with Gasteiger partial charge in [-0.05, 0) is 66.6 Å². The largest absolute Gasteiger partial charge is 0.448 e. The van der Waals surface area contributed by atoms with E-state index in [-0.39, 0.29) is 5.91 Å². The van der Waals surface area contributed by atoms with Gasteiger partial charge in [0, 0.05) is 10.6 Å². The number of hydrogen-bond donors (Lipinski definition) is 1. The van der Waals surface area contributed by atoms with Gasteiger partial charge in [0.05, 0.1) is 0 Å². The molecule has 1 atom stereocenters. The van der Waals surface area contributed by atoms with Crippen LogP contribution in [0.1, 0.15) is 46.3 Å². The highest BCUT2D eigenvalue weighted by Gasteiger charge is 2.24. The summed E-state index contributed by atoms with van der Waals surface area (Å²) in [7, 11) is 0. The first kappa shape index (κ1) is 18.7. The number of fused-ring (bicyclic) bond motifs is 2. The van der Waals surface area contributed by atoms with Gasteiger partial charge >= 0.3 is 5.97 Å². The molecule has 144 valence electrons. The molecule has 5 heteroatoms. The minimum atomic E-state index is -0.807. The third kappa shape index (κ3) is 3.94. The second-order valence-electron chi connectivity index (χ2n) is 7.12. The molecule has 28 heavy (non-hydrogen) atoms. The highest BCUT2D eigenvalue weighted by atomic mass is 32.1. The number of benzene rings is 2. The topological polar surface area (TPSA) is 55.4 Å². The molecule has 0 radical (unpaired) electrons. The molecular weight excluding hydrogens is 370 g/mol. The van der Waals surface area contributed by atoms with Crippen molar-refractivity contribution in [1.82, 2.24) is 0 Å². The summed E-state index contributed by atoms with van der Waals surface area (Å²) in [6.45, 7) is 1.84. The zero-order valence-electron chi connectivity index (χ0n) is 15.9. The highest BCUT2D eigenvalue weighted by molar-refractivity contribution is 7.14. The van der Waals surface area contributed by atoms with Crippen molar-refractivity contribution in [2.24, 2.45) is 0 Å². The number of hydrogen-bond acceptors (Lipinski definition) is 4. The number of esters is 1. The monoisotopic (exact) mass is 393 g/mol. The first-order chi connectivity index (χ1) is 13.6.